The first-order valence-corrected chi connectivity index (χ1v) is 10.4. The lowest BCUT2D eigenvalue weighted by Crippen LogP contribution is -2.44. The van der Waals surface area contributed by atoms with Gasteiger partial charge in [0.05, 0.1) is 17.8 Å². The number of aliphatic hydroxyl groups is 2. The van der Waals surface area contributed by atoms with Crippen molar-refractivity contribution in [2.75, 3.05) is 0 Å². The van der Waals surface area contributed by atoms with E-state index in [0.29, 0.717) is 30.6 Å². The van der Waals surface area contributed by atoms with E-state index in [1.165, 1.54) is 6.42 Å². The summed E-state index contributed by atoms with van der Waals surface area (Å²) in [6.45, 7) is 8.51. The average Bonchev–Trinajstić information content (AvgIpc) is 2.88. The molecule has 0 radical (unpaired) electrons. The maximum absolute atomic E-state index is 10.7. The van der Waals surface area contributed by atoms with Crippen molar-refractivity contribution in [3.63, 3.8) is 0 Å². The van der Waals surface area contributed by atoms with Crippen LogP contribution in [0.3, 0.4) is 0 Å². The predicted octanol–water partition coefficient (Wildman–Crippen LogP) is 4.67. The molecular formula is C23H37NO2. The largest absolute Gasteiger partial charge is 0.393 e. The fourth-order valence-corrected chi connectivity index (χ4v) is 5.74. The van der Waals surface area contributed by atoms with Crippen molar-refractivity contribution in [2.45, 2.75) is 97.2 Å². The molecule has 2 saturated carbocycles. The first-order chi connectivity index (χ1) is 12.2. The molecule has 2 N–H and O–H groups in total. The molecule has 0 heterocycles. The van der Waals surface area contributed by atoms with Crippen LogP contribution in [0.2, 0.25) is 0 Å². The number of hydrogen-bond acceptors (Lipinski definition) is 3. The first kappa shape index (κ1) is 21.3. The van der Waals surface area contributed by atoms with E-state index in [1.807, 2.05) is 13.8 Å². The molecule has 2 aliphatic rings. The van der Waals surface area contributed by atoms with Crippen LogP contribution in [-0.4, -0.2) is 21.9 Å². The van der Waals surface area contributed by atoms with Crippen molar-refractivity contribution in [1.82, 2.24) is 0 Å². The van der Waals surface area contributed by atoms with Gasteiger partial charge in [0.15, 0.2) is 0 Å². The second-order valence-corrected chi connectivity index (χ2v) is 9.66. The molecule has 6 atom stereocenters. The summed E-state index contributed by atoms with van der Waals surface area (Å²) in [6, 6.07) is 2.14. The average molecular weight is 360 g/mol. The van der Waals surface area contributed by atoms with Gasteiger partial charge in [-0.1, -0.05) is 32.6 Å². The lowest BCUT2D eigenvalue weighted by molar-refractivity contribution is -0.0419. The molecule has 26 heavy (non-hydrogen) atoms. The first-order valence-electron chi connectivity index (χ1n) is 10.4. The van der Waals surface area contributed by atoms with Gasteiger partial charge in [-0.05, 0) is 69.1 Å². The zero-order valence-electron chi connectivity index (χ0n) is 17.1. The smallest absolute Gasteiger partial charge is 0.0631 e. The van der Waals surface area contributed by atoms with Crippen molar-refractivity contribution in [3.8, 4) is 17.9 Å². The maximum atomic E-state index is 10.7. The van der Waals surface area contributed by atoms with E-state index in [0.717, 1.165) is 38.5 Å². The molecule has 0 spiro atoms. The lowest BCUT2D eigenvalue weighted by atomic mass is 9.59. The zero-order valence-corrected chi connectivity index (χ0v) is 17.1. The molecular weight excluding hydrogens is 322 g/mol. The van der Waals surface area contributed by atoms with Crippen LogP contribution in [0.25, 0.3) is 0 Å². The molecule has 3 heteroatoms. The molecule has 146 valence electrons. The lowest BCUT2D eigenvalue weighted by Gasteiger charge is -2.47. The molecule has 0 aromatic rings. The van der Waals surface area contributed by atoms with Gasteiger partial charge in [0.2, 0.25) is 0 Å². The Morgan fingerprint density at radius 1 is 1.27 bits per heavy atom. The van der Waals surface area contributed by atoms with E-state index >= 15 is 0 Å². The van der Waals surface area contributed by atoms with Crippen LogP contribution in [0, 0.1) is 52.3 Å². The molecule has 0 unspecified atom stereocenters. The Hall–Kier alpha value is -1.03. The molecule has 0 aliphatic heterocycles. The fourth-order valence-electron chi connectivity index (χ4n) is 5.74. The molecule has 2 aliphatic carbocycles. The van der Waals surface area contributed by atoms with Crippen LogP contribution in [-0.2, 0) is 0 Å². The van der Waals surface area contributed by atoms with Crippen molar-refractivity contribution >= 4 is 0 Å². The highest BCUT2D eigenvalue weighted by Crippen LogP contribution is 2.59. The van der Waals surface area contributed by atoms with Crippen LogP contribution in [0.4, 0.5) is 0 Å². The third kappa shape index (κ3) is 5.25. The van der Waals surface area contributed by atoms with Crippen molar-refractivity contribution in [3.05, 3.63) is 0 Å². The molecule has 2 rings (SSSR count). The van der Waals surface area contributed by atoms with Crippen LogP contribution in [0.5, 0.6) is 0 Å². The van der Waals surface area contributed by atoms with E-state index in [9.17, 15) is 10.2 Å². The SMILES string of the molecule is C[C@H](CCCC(C)(C)O)[C@H]1CC[C@H]2[C@@H](O)C[C@H](C#CCCC#N)C[C@]12C. The fraction of sp³-hybridized carbons (Fsp3) is 0.870. The topological polar surface area (TPSA) is 64.2 Å². The summed E-state index contributed by atoms with van der Waals surface area (Å²) in [6.07, 6.45) is 8.14. The standard InChI is InChI=1S/C23H37NO2/c1-17(9-8-13-22(2,3)26)19-11-12-20-21(25)15-18(16-23(19,20)4)10-6-5-7-14-24/h17-21,25-26H,5,7-9,11-13,15-16H2,1-4H3/t17-,18+,19-,20+,21+,23-/m1/s1. The van der Waals surface area contributed by atoms with Gasteiger partial charge < -0.3 is 10.2 Å². The van der Waals surface area contributed by atoms with Crippen LogP contribution in [0.15, 0.2) is 0 Å². The molecule has 3 nitrogen and oxygen atoms in total. The van der Waals surface area contributed by atoms with E-state index in [4.69, 9.17) is 5.26 Å². The Kier molecular flexibility index (Phi) is 7.18. The van der Waals surface area contributed by atoms with Gasteiger partial charge in [0.1, 0.15) is 0 Å². The summed E-state index contributed by atoms with van der Waals surface area (Å²) in [4.78, 5) is 0. The highest BCUT2D eigenvalue weighted by Gasteiger charge is 2.54. The van der Waals surface area contributed by atoms with Crippen molar-refractivity contribution in [1.29, 1.82) is 5.26 Å². The van der Waals surface area contributed by atoms with Gasteiger partial charge in [0.25, 0.3) is 0 Å². The second kappa shape index (κ2) is 8.77. The highest BCUT2D eigenvalue weighted by molar-refractivity contribution is 5.12. The third-order valence-electron chi connectivity index (χ3n) is 6.96. The number of unbranched alkanes of at least 4 members (excludes halogenated alkanes) is 1. The molecule has 0 saturated heterocycles. The highest BCUT2D eigenvalue weighted by atomic mass is 16.3. The number of fused-ring (bicyclic) bond motifs is 1. The number of nitriles is 1. The Labute approximate surface area is 160 Å². The number of nitrogens with zero attached hydrogens (tertiary/aromatic N) is 1. The molecule has 0 bridgehead atoms. The van der Waals surface area contributed by atoms with Gasteiger partial charge in [-0.3, -0.25) is 0 Å². The van der Waals surface area contributed by atoms with E-state index in [-0.39, 0.29) is 17.4 Å². The Bertz CT molecular complexity index is 561. The number of rotatable bonds is 6. The van der Waals surface area contributed by atoms with Crippen molar-refractivity contribution in [2.24, 2.45) is 29.1 Å². The van der Waals surface area contributed by atoms with Gasteiger partial charge >= 0.3 is 0 Å². The van der Waals surface area contributed by atoms with Gasteiger partial charge in [-0.15, -0.1) is 5.92 Å². The summed E-state index contributed by atoms with van der Waals surface area (Å²) < 4.78 is 0. The molecule has 0 amide bonds. The summed E-state index contributed by atoms with van der Waals surface area (Å²) >= 11 is 0. The number of aliphatic hydroxyl groups excluding tert-OH is 1. The van der Waals surface area contributed by atoms with Gasteiger partial charge in [-0.2, -0.15) is 5.26 Å². The van der Waals surface area contributed by atoms with Gasteiger partial charge in [0, 0.05) is 18.8 Å². The van der Waals surface area contributed by atoms with E-state index in [1.54, 1.807) is 0 Å². The summed E-state index contributed by atoms with van der Waals surface area (Å²) in [5, 5.41) is 29.4. The minimum absolute atomic E-state index is 0.167. The summed E-state index contributed by atoms with van der Waals surface area (Å²) in [5.74, 6) is 8.42. The summed E-state index contributed by atoms with van der Waals surface area (Å²) in [5.41, 5.74) is -0.409. The van der Waals surface area contributed by atoms with Crippen LogP contribution in [0.1, 0.15) is 85.5 Å². The zero-order chi connectivity index (χ0) is 19.4. The summed E-state index contributed by atoms with van der Waals surface area (Å²) in [7, 11) is 0. The third-order valence-corrected chi connectivity index (χ3v) is 6.96. The monoisotopic (exact) mass is 359 g/mol. The van der Waals surface area contributed by atoms with Crippen LogP contribution < -0.4 is 0 Å². The van der Waals surface area contributed by atoms with Gasteiger partial charge in [-0.25, -0.2) is 0 Å². The van der Waals surface area contributed by atoms with E-state index < -0.39 is 5.60 Å². The number of hydrogen-bond donors (Lipinski definition) is 2. The second-order valence-electron chi connectivity index (χ2n) is 9.66. The Balaban J connectivity index is 2.01. The Morgan fingerprint density at radius 2 is 2.00 bits per heavy atom. The van der Waals surface area contributed by atoms with E-state index in [2.05, 4.69) is 31.8 Å². The molecule has 0 aromatic carbocycles. The quantitative estimate of drug-likeness (QED) is 0.535. The predicted molar refractivity (Wildman–Crippen MR) is 105 cm³/mol. The minimum atomic E-state index is -0.576. The minimum Gasteiger partial charge on any atom is -0.393 e. The molecule has 2 fully saturated rings. The Morgan fingerprint density at radius 3 is 2.65 bits per heavy atom. The normalized spacial score (nSPS) is 35.1. The van der Waals surface area contributed by atoms with Crippen LogP contribution >= 0.6 is 0 Å². The van der Waals surface area contributed by atoms with Crippen molar-refractivity contribution < 1.29 is 10.2 Å². The molecule has 0 aromatic heterocycles. The maximum Gasteiger partial charge on any atom is 0.0631 e.